The van der Waals surface area contributed by atoms with Gasteiger partial charge in [0, 0.05) is 27.7 Å². The average molecular weight is 452 g/mol. The lowest BCUT2D eigenvalue weighted by atomic mass is 10.2. The Morgan fingerprint density at radius 2 is 1.61 bits per heavy atom. The summed E-state index contributed by atoms with van der Waals surface area (Å²) in [4.78, 5) is 38.2. The second-order valence-corrected chi connectivity index (χ2v) is 8.50. The molecule has 0 spiro atoms. The highest BCUT2D eigenvalue weighted by Crippen LogP contribution is 2.37. The van der Waals surface area contributed by atoms with Gasteiger partial charge in [0.15, 0.2) is 0 Å². The van der Waals surface area contributed by atoms with Crippen LogP contribution in [0, 0.1) is 13.8 Å². The van der Waals surface area contributed by atoms with Crippen molar-refractivity contribution < 1.29 is 14.4 Å². The van der Waals surface area contributed by atoms with E-state index in [9.17, 15) is 14.4 Å². The molecule has 0 radical (unpaired) electrons. The van der Waals surface area contributed by atoms with Gasteiger partial charge in [-0.15, -0.1) is 0 Å². The molecule has 0 unspecified atom stereocenters. The quantitative estimate of drug-likeness (QED) is 0.560. The summed E-state index contributed by atoms with van der Waals surface area (Å²) in [6, 6.07) is 15.5. The van der Waals surface area contributed by atoms with Crippen molar-refractivity contribution in [1.29, 1.82) is 0 Å². The van der Waals surface area contributed by atoms with Crippen molar-refractivity contribution in [3.63, 3.8) is 0 Å². The van der Waals surface area contributed by atoms with Crippen LogP contribution < -0.4 is 10.6 Å². The van der Waals surface area contributed by atoms with E-state index in [0.29, 0.717) is 21.2 Å². The van der Waals surface area contributed by atoms with Crippen LogP contribution in [-0.2, 0) is 4.79 Å². The summed E-state index contributed by atoms with van der Waals surface area (Å²) in [7, 11) is 0. The van der Waals surface area contributed by atoms with Gasteiger partial charge in [-0.1, -0.05) is 11.6 Å². The number of nitrogens with zero attached hydrogens (tertiary/aromatic N) is 2. The molecule has 3 amide bonds. The van der Waals surface area contributed by atoms with Gasteiger partial charge in [0.1, 0.15) is 0 Å². The lowest BCUT2D eigenvalue weighted by Crippen LogP contribution is -2.27. The third-order valence-electron chi connectivity index (χ3n) is 5.05. The van der Waals surface area contributed by atoms with E-state index in [4.69, 9.17) is 17.3 Å². The highest BCUT2D eigenvalue weighted by Gasteiger charge is 2.36. The molecule has 156 valence electrons. The molecule has 1 saturated heterocycles. The van der Waals surface area contributed by atoms with E-state index >= 15 is 0 Å². The number of carbonyl (C=O) groups excluding carboxylic acids is 3. The molecule has 0 atom stereocenters. The molecule has 1 aliphatic rings. The fourth-order valence-electron chi connectivity index (χ4n) is 3.53. The predicted molar refractivity (Wildman–Crippen MR) is 124 cm³/mol. The van der Waals surface area contributed by atoms with Crippen LogP contribution in [-0.4, -0.2) is 21.6 Å². The predicted octanol–water partition coefficient (Wildman–Crippen LogP) is 5.09. The number of aryl methyl sites for hydroxylation is 1. The number of amides is 3. The van der Waals surface area contributed by atoms with Gasteiger partial charge in [0.05, 0.1) is 10.6 Å². The molecule has 2 aromatic carbocycles. The number of nitrogens with two attached hydrogens (primary N) is 1. The number of rotatable bonds is 4. The maximum Gasteiger partial charge on any atom is 0.298 e. The standard InChI is InChI=1S/C23H18ClN3O3S/c1-13-11-16(14(2)26(13)18-7-3-15(4-8-18)21(25)28)12-20-22(29)27(23(30)31-20)19-9-5-17(24)6-10-19/h3-12H,1-2H3,(H2,25,28)/b20-12+. The van der Waals surface area contributed by atoms with Crippen LogP contribution in [0.25, 0.3) is 11.8 Å². The molecule has 31 heavy (non-hydrogen) atoms. The maximum absolute atomic E-state index is 12.9. The smallest absolute Gasteiger partial charge is 0.298 e. The Kier molecular flexibility index (Phi) is 5.47. The number of benzene rings is 2. The van der Waals surface area contributed by atoms with Gasteiger partial charge in [-0.25, -0.2) is 4.90 Å². The molecule has 0 bridgehead atoms. The van der Waals surface area contributed by atoms with E-state index in [1.54, 1.807) is 42.5 Å². The number of carbonyl (C=O) groups is 3. The highest BCUT2D eigenvalue weighted by molar-refractivity contribution is 8.19. The van der Waals surface area contributed by atoms with Gasteiger partial charge in [0.2, 0.25) is 5.91 Å². The number of primary amides is 1. The minimum absolute atomic E-state index is 0.351. The first-order valence-corrected chi connectivity index (χ1v) is 10.6. The Morgan fingerprint density at radius 1 is 1.00 bits per heavy atom. The van der Waals surface area contributed by atoms with E-state index in [0.717, 1.165) is 39.3 Å². The first-order valence-electron chi connectivity index (χ1n) is 9.39. The lowest BCUT2D eigenvalue weighted by Gasteiger charge is -2.12. The molecule has 3 aromatic rings. The summed E-state index contributed by atoms with van der Waals surface area (Å²) in [5, 5.41) is 0.178. The van der Waals surface area contributed by atoms with Crippen LogP contribution in [0.4, 0.5) is 10.5 Å². The number of thioether (sulfide) groups is 1. The topological polar surface area (TPSA) is 85.4 Å². The zero-order valence-electron chi connectivity index (χ0n) is 16.8. The van der Waals surface area contributed by atoms with Crippen molar-refractivity contribution in [2.45, 2.75) is 13.8 Å². The average Bonchev–Trinajstić information content (AvgIpc) is 3.17. The minimum Gasteiger partial charge on any atom is -0.366 e. The summed E-state index contributed by atoms with van der Waals surface area (Å²) < 4.78 is 2.01. The van der Waals surface area contributed by atoms with Gasteiger partial charge in [-0.3, -0.25) is 14.4 Å². The molecule has 8 heteroatoms. The Labute approximate surface area is 188 Å². The van der Waals surface area contributed by atoms with Crippen LogP contribution >= 0.6 is 23.4 Å². The summed E-state index contributed by atoms with van der Waals surface area (Å²) in [6.07, 6.45) is 1.73. The maximum atomic E-state index is 12.9. The number of aromatic nitrogens is 1. The second-order valence-electron chi connectivity index (χ2n) is 7.07. The Bertz CT molecular complexity index is 1240. The first-order chi connectivity index (χ1) is 14.8. The molecule has 0 saturated carbocycles. The van der Waals surface area contributed by atoms with Gasteiger partial charge < -0.3 is 10.3 Å². The molecule has 1 aromatic heterocycles. The molecule has 0 aliphatic carbocycles. The molecule has 4 rings (SSSR count). The summed E-state index contributed by atoms with van der Waals surface area (Å²) in [5.74, 6) is -0.850. The van der Waals surface area contributed by atoms with Gasteiger partial charge in [-0.2, -0.15) is 0 Å². The largest absolute Gasteiger partial charge is 0.366 e. The number of anilines is 1. The Morgan fingerprint density at radius 3 is 2.23 bits per heavy atom. The van der Waals surface area contributed by atoms with Crippen molar-refractivity contribution in [2.24, 2.45) is 5.73 Å². The number of hydrogen-bond donors (Lipinski definition) is 1. The van der Waals surface area contributed by atoms with E-state index < -0.39 is 5.91 Å². The van der Waals surface area contributed by atoms with Crippen molar-refractivity contribution in [1.82, 2.24) is 4.57 Å². The molecule has 2 heterocycles. The van der Waals surface area contributed by atoms with E-state index in [1.165, 1.54) is 0 Å². The third-order valence-corrected chi connectivity index (χ3v) is 6.17. The summed E-state index contributed by atoms with van der Waals surface area (Å²) in [5.41, 5.74) is 9.79. The SMILES string of the molecule is Cc1cc(/C=C2/SC(=O)N(c3ccc(Cl)cc3)C2=O)c(C)n1-c1ccc(C(N)=O)cc1. The third kappa shape index (κ3) is 3.89. The Balaban J connectivity index is 1.67. The monoisotopic (exact) mass is 451 g/mol. The van der Waals surface area contributed by atoms with Crippen molar-refractivity contribution in [3.8, 4) is 5.69 Å². The van der Waals surface area contributed by atoms with E-state index in [1.807, 2.05) is 36.6 Å². The normalized spacial score (nSPS) is 15.2. The van der Waals surface area contributed by atoms with E-state index in [-0.39, 0.29) is 11.1 Å². The second kappa shape index (κ2) is 8.09. The summed E-state index contributed by atoms with van der Waals surface area (Å²) in [6.45, 7) is 3.88. The van der Waals surface area contributed by atoms with Crippen LogP contribution in [0.15, 0.2) is 59.5 Å². The zero-order chi connectivity index (χ0) is 22.3. The molecular weight excluding hydrogens is 434 g/mol. The fraction of sp³-hybridized carbons (Fsp3) is 0.0870. The molecule has 1 aliphatic heterocycles. The van der Waals surface area contributed by atoms with Crippen LogP contribution in [0.1, 0.15) is 27.3 Å². The zero-order valence-corrected chi connectivity index (χ0v) is 18.3. The number of imide groups is 1. The highest BCUT2D eigenvalue weighted by atomic mass is 35.5. The lowest BCUT2D eigenvalue weighted by molar-refractivity contribution is -0.113. The summed E-state index contributed by atoms with van der Waals surface area (Å²) >= 11 is 6.81. The van der Waals surface area contributed by atoms with Crippen molar-refractivity contribution in [3.05, 3.63) is 87.0 Å². The van der Waals surface area contributed by atoms with Gasteiger partial charge in [-0.05, 0) is 91.8 Å². The van der Waals surface area contributed by atoms with Gasteiger partial charge >= 0.3 is 0 Å². The number of hydrogen-bond acceptors (Lipinski definition) is 4. The van der Waals surface area contributed by atoms with Crippen molar-refractivity contribution >= 4 is 52.2 Å². The first kappa shape index (κ1) is 21.0. The number of halogens is 1. The molecule has 6 nitrogen and oxygen atoms in total. The van der Waals surface area contributed by atoms with Crippen LogP contribution in [0.2, 0.25) is 5.02 Å². The Hall–Kier alpha value is -3.29. The fourth-order valence-corrected chi connectivity index (χ4v) is 4.49. The molecule has 2 N–H and O–H groups in total. The van der Waals surface area contributed by atoms with Gasteiger partial charge in [0.25, 0.3) is 11.1 Å². The van der Waals surface area contributed by atoms with Crippen LogP contribution in [0.3, 0.4) is 0 Å². The minimum atomic E-state index is -0.482. The molecular formula is C23H18ClN3O3S. The van der Waals surface area contributed by atoms with Crippen molar-refractivity contribution in [2.75, 3.05) is 4.90 Å². The molecule has 1 fully saturated rings. The van der Waals surface area contributed by atoms with Crippen LogP contribution in [0.5, 0.6) is 0 Å². The van der Waals surface area contributed by atoms with E-state index in [2.05, 4.69) is 0 Å².